The van der Waals surface area contributed by atoms with Crippen LogP contribution >= 0.6 is 0 Å². The molecule has 1 aromatic rings. The quantitative estimate of drug-likeness (QED) is 0.843. The van der Waals surface area contributed by atoms with Crippen LogP contribution in [0, 0.1) is 0 Å². The molecule has 1 saturated heterocycles. The topological polar surface area (TPSA) is 77.9 Å². The number of carbonyl (C=O) groups excluding carboxylic acids is 2. The van der Waals surface area contributed by atoms with Crippen LogP contribution in [0.25, 0.3) is 0 Å². The van der Waals surface area contributed by atoms with Gasteiger partial charge in [-0.25, -0.2) is 13.6 Å². The van der Waals surface area contributed by atoms with Crippen molar-refractivity contribution in [1.82, 2.24) is 9.80 Å². The number of fused-ring (bicyclic) bond motifs is 1. The molecule has 6 nitrogen and oxygen atoms in total. The molecule has 1 atom stereocenters. The molecule has 0 aromatic heterocycles. The van der Waals surface area contributed by atoms with Crippen LogP contribution in [0.3, 0.4) is 0 Å². The van der Waals surface area contributed by atoms with E-state index in [1.807, 2.05) is 0 Å². The number of carbonyl (C=O) groups is 3. The fraction of sp³-hybridized carbons (Fsp3) is 0.357. The number of hydrogen-bond donors (Lipinski definition) is 1. The Morgan fingerprint density at radius 2 is 1.77 bits per heavy atom. The standard InChI is InChI=1S/C14H12F2N2O4/c15-14(16)5-8(18(7-14)13(21)22)6-17-11(19)9-3-1-2-4-10(9)12(17)20/h1-4,8H,5-7H2,(H,21,22). The first-order valence-electron chi connectivity index (χ1n) is 6.63. The van der Waals surface area contributed by atoms with Crippen molar-refractivity contribution in [2.75, 3.05) is 13.1 Å². The highest BCUT2D eigenvalue weighted by Gasteiger charge is 2.49. The average Bonchev–Trinajstić information content (AvgIpc) is 2.89. The third-order valence-electron chi connectivity index (χ3n) is 3.89. The molecule has 2 aliphatic rings. The molecule has 0 aliphatic carbocycles. The van der Waals surface area contributed by atoms with Gasteiger partial charge in [-0.2, -0.15) is 0 Å². The molecule has 1 fully saturated rings. The van der Waals surface area contributed by atoms with Gasteiger partial charge in [-0.3, -0.25) is 19.4 Å². The summed E-state index contributed by atoms with van der Waals surface area (Å²) in [5.41, 5.74) is 0.415. The lowest BCUT2D eigenvalue weighted by molar-refractivity contribution is 0.0124. The van der Waals surface area contributed by atoms with Crippen LogP contribution in [0.5, 0.6) is 0 Å². The summed E-state index contributed by atoms with van der Waals surface area (Å²) in [6.07, 6.45) is -2.19. The highest BCUT2D eigenvalue weighted by Crippen LogP contribution is 2.33. The fourth-order valence-corrected chi connectivity index (χ4v) is 2.90. The van der Waals surface area contributed by atoms with Crippen LogP contribution in [0.15, 0.2) is 24.3 Å². The molecule has 1 N–H and O–H groups in total. The Morgan fingerprint density at radius 1 is 1.23 bits per heavy atom. The molecule has 22 heavy (non-hydrogen) atoms. The number of hydrogen-bond acceptors (Lipinski definition) is 3. The van der Waals surface area contributed by atoms with Crippen molar-refractivity contribution in [1.29, 1.82) is 0 Å². The van der Waals surface area contributed by atoms with E-state index in [2.05, 4.69) is 0 Å². The van der Waals surface area contributed by atoms with Gasteiger partial charge in [-0.05, 0) is 12.1 Å². The second kappa shape index (κ2) is 4.75. The van der Waals surface area contributed by atoms with Gasteiger partial charge in [-0.1, -0.05) is 12.1 Å². The summed E-state index contributed by atoms with van der Waals surface area (Å²) in [6.45, 7) is -1.29. The number of amides is 3. The molecular formula is C14H12F2N2O4. The van der Waals surface area contributed by atoms with E-state index in [0.717, 1.165) is 4.90 Å². The number of likely N-dealkylation sites (tertiary alicyclic amines) is 1. The smallest absolute Gasteiger partial charge is 0.407 e. The molecule has 0 radical (unpaired) electrons. The number of benzene rings is 1. The van der Waals surface area contributed by atoms with Gasteiger partial charge in [-0.15, -0.1) is 0 Å². The Morgan fingerprint density at radius 3 is 2.27 bits per heavy atom. The van der Waals surface area contributed by atoms with Gasteiger partial charge in [0.25, 0.3) is 17.7 Å². The predicted molar refractivity (Wildman–Crippen MR) is 69.9 cm³/mol. The van der Waals surface area contributed by atoms with Crippen LogP contribution in [0.4, 0.5) is 13.6 Å². The maximum atomic E-state index is 13.4. The molecule has 0 spiro atoms. The lowest BCUT2D eigenvalue weighted by atomic mass is 10.1. The van der Waals surface area contributed by atoms with Crippen LogP contribution < -0.4 is 0 Å². The zero-order chi connectivity index (χ0) is 16.1. The lowest BCUT2D eigenvalue weighted by Crippen LogP contribution is -2.44. The van der Waals surface area contributed by atoms with Gasteiger partial charge >= 0.3 is 6.09 Å². The van der Waals surface area contributed by atoms with E-state index in [0.29, 0.717) is 4.90 Å². The number of rotatable bonds is 2. The van der Waals surface area contributed by atoms with E-state index < -0.39 is 42.8 Å². The summed E-state index contributed by atoms with van der Waals surface area (Å²) < 4.78 is 26.9. The minimum absolute atomic E-state index is 0.208. The van der Waals surface area contributed by atoms with Gasteiger partial charge in [0.2, 0.25) is 0 Å². The van der Waals surface area contributed by atoms with Gasteiger partial charge < -0.3 is 5.11 Å². The minimum atomic E-state index is -3.15. The summed E-state index contributed by atoms with van der Waals surface area (Å²) >= 11 is 0. The van der Waals surface area contributed by atoms with Crippen LogP contribution in [-0.4, -0.2) is 57.9 Å². The van der Waals surface area contributed by atoms with Crippen molar-refractivity contribution in [3.8, 4) is 0 Å². The molecule has 8 heteroatoms. The molecule has 0 saturated carbocycles. The van der Waals surface area contributed by atoms with Crippen molar-refractivity contribution in [3.63, 3.8) is 0 Å². The third-order valence-corrected chi connectivity index (χ3v) is 3.89. The van der Waals surface area contributed by atoms with Crippen molar-refractivity contribution in [2.45, 2.75) is 18.4 Å². The van der Waals surface area contributed by atoms with Gasteiger partial charge in [0.1, 0.15) is 0 Å². The van der Waals surface area contributed by atoms with Crippen molar-refractivity contribution in [2.24, 2.45) is 0 Å². The Hall–Kier alpha value is -2.51. The number of carboxylic acid groups (broad SMARTS) is 1. The van der Waals surface area contributed by atoms with Crippen LogP contribution in [-0.2, 0) is 0 Å². The molecular weight excluding hydrogens is 298 g/mol. The number of nitrogens with zero attached hydrogens (tertiary/aromatic N) is 2. The summed E-state index contributed by atoms with van der Waals surface area (Å²) in [5, 5.41) is 9.00. The van der Waals surface area contributed by atoms with E-state index in [1.165, 1.54) is 12.1 Å². The Labute approximate surface area is 123 Å². The molecule has 3 amide bonds. The van der Waals surface area contributed by atoms with Gasteiger partial charge in [0.15, 0.2) is 0 Å². The Kier molecular flexibility index (Phi) is 3.12. The molecule has 116 valence electrons. The molecule has 0 bridgehead atoms. The largest absolute Gasteiger partial charge is 0.465 e. The van der Waals surface area contributed by atoms with Crippen molar-refractivity contribution in [3.05, 3.63) is 35.4 Å². The van der Waals surface area contributed by atoms with E-state index in [4.69, 9.17) is 5.11 Å². The zero-order valence-corrected chi connectivity index (χ0v) is 11.3. The van der Waals surface area contributed by atoms with Gasteiger partial charge in [0.05, 0.1) is 30.3 Å². The van der Waals surface area contributed by atoms with E-state index in [1.54, 1.807) is 12.1 Å². The minimum Gasteiger partial charge on any atom is -0.465 e. The second-order valence-electron chi connectivity index (χ2n) is 5.39. The lowest BCUT2D eigenvalue weighted by Gasteiger charge is -2.24. The predicted octanol–water partition coefficient (Wildman–Crippen LogP) is 1.67. The van der Waals surface area contributed by atoms with Crippen LogP contribution in [0.2, 0.25) is 0 Å². The van der Waals surface area contributed by atoms with E-state index >= 15 is 0 Å². The maximum absolute atomic E-state index is 13.4. The van der Waals surface area contributed by atoms with E-state index in [9.17, 15) is 23.2 Å². The zero-order valence-electron chi connectivity index (χ0n) is 11.3. The fourth-order valence-electron chi connectivity index (χ4n) is 2.90. The average molecular weight is 310 g/mol. The summed E-state index contributed by atoms with van der Waals surface area (Å²) in [4.78, 5) is 36.9. The van der Waals surface area contributed by atoms with Crippen molar-refractivity contribution < 1.29 is 28.3 Å². The number of halogens is 2. The summed E-state index contributed by atoms with van der Waals surface area (Å²) in [6, 6.07) is 5.05. The molecule has 2 aliphatic heterocycles. The molecule has 3 rings (SSSR count). The Balaban J connectivity index is 1.84. The molecule has 1 aromatic carbocycles. The highest BCUT2D eigenvalue weighted by molar-refractivity contribution is 6.21. The number of imide groups is 1. The molecule has 1 unspecified atom stereocenters. The van der Waals surface area contributed by atoms with Crippen LogP contribution in [0.1, 0.15) is 27.1 Å². The monoisotopic (exact) mass is 310 g/mol. The number of alkyl halides is 2. The highest BCUT2D eigenvalue weighted by atomic mass is 19.3. The second-order valence-corrected chi connectivity index (χ2v) is 5.39. The molecule has 2 heterocycles. The first-order chi connectivity index (χ1) is 10.3. The van der Waals surface area contributed by atoms with Crippen molar-refractivity contribution >= 4 is 17.9 Å². The first-order valence-corrected chi connectivity index (χ1v) is 6.63. The van der Waals surface area contributed by atoms with E-state index in [-0.39, 0.29) is 17.7 Å². The normalized spacial score (nSPS) is 23.1. The summed E-state index contributed by atoms with van der Waals surface area (Å²) in [7, 11) is 0. The SMILES string of the molecule is O=C1c2ccccc2C(=O)N1CC1CC(F)(F)CN1C(=O)O. The van der Waals surface area contributed by atoms with Gasteiger partial charge in [0, 0.05) is 6.42 Å². The first kappa shape index (κ1) is 14.4. The summed E-state index contributed by atoms with van der Waals surface area (Å²) in [5.74, 6) is -4.32. The maximum Gasteiger partial charge on any atom is 0.407 e. The third kappa shape index (κ3) is 2.20. The Bertz CT molecular complexity index is 642.